The fourth-order valence-electron chi connectivity index (χ4n) is 0.896. The smallest absolute Gasteiger partial charge is 0.303 e. The van der Waals surface area contributed by atoms with E-state index in [4.69, 9.17) is 15.6 Å². The topological polar surface area (TPSA) is 84.9 Å². The summed E-state index contributed by atoms with van der Waals surface area (Å²) in [5, 5.41) is 23.4. The Morgan fingerprint density at radius 3 is 1.89 bits per heavy atom. The molecule has 0 spiro atoms. The van der Waals surface area contributed by atoms with Crippen molar-refractivity contribution in [1.82, 2.24) is 0 Å². The lowest BCUT2D eigenvalue weighted by Crippen LogP contribution is -1.96. The molecule has 0 radical (unpaired) electrons. The van der Waals surface area contributed by atoms with Gasteiger partial charge in [0.15, 0.2) is 0 Å². The molecule has 1 aromatic rings. The van der Waals surface area contributed by atoms with E-state index in [9.17, 15) is 4.79 Å². The SMILES string of the molecule is C=CC#N.C=CC#N.O=C(O)CCc1ccccc1. The molecule has 0 heterocycles. The molecule has 0 aliphatic carbocycles. The van der Waals surface area contributed by atoms with Crippen LogP contribution in [0.1, 0.15) is 12.0 Å². The number of aliphatic carboxylic acids is 1. The van der Waals surface area contributed by atoms with Crippen LogP contribution in [0.15, 0.2) is 55.6 Å². The highest BCUT2D eigenvalue weighted by atomic mass is 16.4. The molecule has 0 aliphatic heterocycles. The molecule has 0 amide bonds. The van der Waals surface area contributed by atoms with Gasteiger partial charge in [0.25, 0.3) is 0 Å². The lowest BCUT2D eigenvalue weighted by Gasteiger charge is -1.95. The van der Waals surface area contributed by atoms with Crippen LogP contribution < -0.4 is 0 Å². The van der Waals surface area contributed by atoms with E-state index in [0.717, 1.165) is 5.56 Å². The number of benzene rings is 1. The van der Waals surface area contributed by atoms with Gasteiger partial charge >= 0.3 is 5.97 Å². The molecule has 4 nitrogen and oxygen atoms in total. The summed E-state index contributed by atoms with van der Waals surface area (Å²) in [5.41, 5.74) is 1.08. The van der Waals surface area contributed by atoms with E-state index < -0.39 is 5.97 Å². The van der Waals surface area contributed by atoms with Crippen molar-refractivity contribution in [3.05, 3.63) is 61.2 Å². The standard InChI is InChI=1S/C9H10O2.2C3H3N/c10-9(11)7-6-8-4-2-1-3-5-8;2*1-2-3-4/h1-5H,6-7H2,(H,10,11);2*2H,1H2. The summed E-state index contributed by atoms with van der Waals surface area (Å²) in [6.07, 6.45) is 3.19. The lowest BCUT2D eigenvalue weighted by molar-refractivity contribution is -0.136. The first-order valence-electron chi connectivity index (χ1n) is 5.39. The third-order valence-electron chi connectivity index (χ3n) is 1.65. The Morgan fingerprint density at radius 2 is 1.58 bits per heavy atom. The minimum absolute atomic E-state index is 0.212. The predicted molar refractivity (Wildman–Crippen MR) is 74.0 cm³/mol. The van der Waals surface area contributed by atoms with E-state index in [0.29, 0.717) is 6.42 Å². The van der Waals surface area contributed by atoms with Gasteiger partial charge in [0.1, 0.15) is 0 Å². The Labute approximate surface area is 113 Å². The summed E-state index contributed by atoms with van der Waals surface area (Å²) < 4.78 is 0. The number of rotatable bonds is 3. The average molecular weight is 256 g/mol. The second-order valence-electron chi connectivity index (χ2n) is 3.05. The van der Waals surface area contributed by atoms with Crippen LogP contribution >= 0.6 is 0 Å². The fraction of sp³-hybridized carbons (Fsp3) is 0.133. The maximum absolute atomic E-state index is 10.2. The summed E-state index contributed by atoms with van der Waals surface area (Å²) in [5.74, 6) is -0.742. The van der Waals surface area contributed by atoms with Crippen LogP contribution in [-0.4, -0.2) is 11.1 Å². The zero-order valence-electron chi connectivity index (χ0n) is 10.6. The number of carboxylic acid groups (broad SMARTS) is 1. The first kappa shape index (κ1) is 18.5. The normalized spacial score (nSPS) is 7.05. The molecule has 0 saturated heterocycles. The number of hydrogen-bond acceptors (Lipinski definition) is 3. The van der Waals surface area contributed by atoms with Crippen LogP contribution in [0.2, 0.25) is 0 Å². The van der Waals surface area contributed by atoms with E-state index in [2.05, 4.69) is 13.2 Å². The first-order valence-corrected chi connectivity index (χ1v) is 5.39. The molecule has 4 heteroatoms. The second-order valence-corrected chi connectivity index (χ2v) is 3.05. The molecule has 98 valence electrons. The van der Waals surface area contributed by atoms with Gasteiger partial charge in [0.05, 0.1) is 12.1 Å². The molecule has 0 saturated carbocycles. The van der Waals surface area contributed by atoms with Gasteiger partial charge in [-0.1, -0.05) is 43.5 Å². The average Bonchev–Trinajstić information content (AvgIpc) is 2.46. The summed E-state index contributed by atoms with van der Waals surface area (Å²) >= 11 is 0. The Bertz CT molecular complexity index is 435. The quantitative estimate of drug-likeness (QED) is 0.842. The summed E-state index contributed by atoms with van der Waals surface area (Å²) in [7, 11) is 0. The molecule has 0 bridgehead atoms. The van der Waals surface area contributed by atoms with Crippen LogP contribution in [0.25, 0.3) is 0 Å². The van der Waals surface area contributed by atoms with Crippen molar-refractivity contribution in [1.29, 1.82) is 10.5 Å². The molecule has 0 aromatic heterocycles. The van der Waals surface area contributed by atoms with Crippen LogP contribution in [0.4, 0.5) is 0 Å². The minimum Gasteiger partial charge on any atom is -0.481 e. The molecular formula is C15H16N2O2. The summed E-state index contributed by atoms with van der Waals surface area (Å²) in [6, 6.07) is 13.0. The first-order chi connectivity index (χ1) is 9.12. The Hall–Kier alpha value is -2.85. The molecule has 19 heavy (non-hydrogen) atoms. The van der Waals surface area contributed by atoms with Gasteiger partial charge in [-0.25, -0.2) is 0 Å². The van der Waals surface area contributed by atoms with Gasteiger partial charge in [0, 0.05) is 18.6 Å². The maximum atomic E-state index is 10.2. The third-order valence-corrected chi connectivity index (χ3v) is 1.65. The predicted octanol–water partition coefficient (Wildman–Crippen LogP) is 3.10. The number of allylic oxidation sites excluding steroid dienone is 2. The van der Waals surface area contributed by atoms with Crippen molar-refractivity contribution in [2.75, 3.05) is 0 Å². The van der Waals surface area contributed by atoms with Crippen molar-refractivity contribution in [2.24, 2.45) is 0 Å². The van der Waals surface area contributed by atoms with Gasteiger partial charge in [-0.05, 0) is 12.0 Å². The number of carboxylic acids is 1. The second kappa shape index (κ2) is 15.1. The lowest BCUT2D eigenvalue weighted by atomic mass is 10.1. The zero-order chi connectivity index (χ0) is 14.9. The van der Waals surface area contributed by atoms with E-state index in [1.54, 1.807) is 12.1 Å². The molecule has 1 rings (SSSR count). The largest absolute Gasteiger partial charge is 0.481 e. The maximum Gasteiger partial charge on any atom is 0.303 e. The van der Waals surface area contributed by atoms with Crippen molar-refractivity contribution in [2.45, 2.75) is 12.8 Å². The summed E-state index contributed by atoms with van der Waals surface area (Å²) in [4.78, 5) is 10.2. The molecule has 0 aliphatic rings. The van der Waals surface area contributed by atoms with Crippen molar-refractivity contribution in [3.8, 4) is 12.1 Å². The van der Waals surface area contributed by atoms with E-state index in [1.165, 1.54) is 12.2 Å². The zero-order valence-corrected chi connectivity index (χ0v) is 10.6. The number of nitrogens with zero attached hydrogens (tertiary/aromatic N) is 2. The molecule has 0 atom stereocenters. The Kier molecular flexibility index (Phi) is 14.8. The Morgan fingerprint density at radius 1 is 1.16 bits per heavy atom. The van der Waals surface area contributed by atoms with Crippen LogP contribution in [0.5, 0.6) is 0 Å². The van der Waals surface area contributed by atoms with E-state index >= 15 is 0 Å². The monoisotopic (exact) mass is 256 g/mol. The summed E-state index contributed by atoms with van der Waals surface area (Å²) in [6.45, 7) is 6.24. The van der Waals surface area contributed by atoms with Crippen molar-refractivity contribution in [3.63, 3.8) is 0 Å². The van der Waals surface area contributed by atoms with E-state index in [1.807, 2.05) is 30.3 Å². The third kappa shape index (κ3) is 17.7. The van der Waals surface area contributed by atoms with Crippen LogP contribution in [0, 0.1) is 22.7 Å². The fourth-order valence-corrected chi connectivity index (χ4v) is 0.896. The van der Waals surface area contributed by atoms with E-state index in [-0.39, 0.29) is 6.42 Å². The van der Waals surface area contributed by atoms with Gasteiger partial charge in [-0.15, -0.1) is 0 Å². The van der Waals surface area contributed by atoms with Gasteiger partial charge < -0.3 is 5.11 Å². The molecule has 0 fully saturated rings. The van der Waals surface area contributed by atoms with Crippen LogP contribution in [-0.2, 0) is 11.2 Å². The van der Waals surface area contributed by atoms with Crippen LogP contribution in [0.3, 0.4) is 0 Å². The van der Waals surface area contributed by atoms with Gasteiger partial charge in [-0.3, -0.25) is 4.79 Å². The van der Waals surface area contributed by atoms with Gasteiger partial charge in [-0.2, -0.15) is 10.5 Å². The highest BCUT2D eigenvalue weighted by Crippen LogP contribution is 2.01. The number of carbonyl (C=O) groups is 1. The highest BCUT2D eigenvalue weighted by molar-refractivity contribution is 5.67. The highest BCUT2D eigenvalue weighted by Gasteiger charge is 1.96. The van der Waals surface area contributed by atoms with Crippen molar-refractivity contribution >= 4 is 5.97 Å². The number of hydrogen-bond donors (Lipinski definition) is 1. The van der Waals surface area contributed by atoms with Crippen molar-refractivity contribution < 1.29 is 9.90 Å². The molecule has 1 N–H and O–H groups in total. The molecular weight excluding hydrogens is 240 g/mol. The molecule has 1 aromatic carbocycles. The minimum atomic E-state index is -0.742. The molecule has 0 unspecified atom stereocenters. The number of nitriles is 2. The number of aryl methyl sites for hydroxylation is 1. The van der Waals surface area contributed by atoms with Gasteiger partial charge in [0.2, 0.25) is 0 Å². The Balaban J connectivity index is 0.